The Kier molecular flexibility index (Phi) is 4.49. The number of rotatable bonds is 5. The second-order valence-electron chi connectivity index (χ2n) is 5.89. The van der Waals surface area contributed by atoms with E-state index in [1.54, 1.807) is 35.9 Å². The molecule has 7 nitrogen and oxygen atoms in total. The average molecular weight is 359 g/mol. The van der Waals surface area contributed by atoms with Gasteiger partial charge in [0.1, 0.15) is 5.75 Å². The number of carbonyl (C=O) groups is 1. The van der Waals surface area contributed by atoms with Crippen LogP contribution in [0.3, 0.4) is 0 Å². The van der Waals surface area contributed by atoms with Gasteiger partial charge in [0.25, 0.3) is 5.91 Å². The van der Waals surface area contributed by atoms with E-state index < -0.39 is 0 Å². The average Bonchev–Trinajstić information content (AvgIpc) is 3.15. The number of hydrogen-bond donors (Lipinski definition) is 1. The smallest absolute Gasteiger partial charge is 0.251 e. The van der Waals surface area contributed by atoms with Gasteiger partial charge in [-0.25, -0.2) is 0 Å². The molecule has 134 valence electrons. The Labute approximate surface area is 155 Å². The summed E-state index contributed by atoms with van der Waals surface area (Å²) in [6, 6.07) is 20.6. The molecule has 0 aliphatic rings. The predicted molar refractivity (Wildman–Crippen MR) is 100 cm³/mol. The van der Waals surface area contributed by atoms with E-state index in [1.165, 1.54) is 0 Å². The first kappa shape index (κ1) is 16.7. The number of ether oxygens (including phenoxy) is 1. The van der Waals surface area contributed by atoms with E-state index >= 15 is 0 Å². The zero-order valence-corrected chi connectivity index (χ0v) is 14.7. The van der Waals surface area contributed by atoms with Crippen LogP contribution < -0.4 is 10.1 Å². The molecule has 27 heavy (non-hydrogen) atoms. The van der Waals surface area contributed by atoms with Gasteiger partial charge in [-0.2, -0.15) is 9.61 Å². The molecule has 1 amide bonds. The van der Waals surface area contributed by atoms with Crippen LogP contribution in [-0.4, -0.2) is 32.8 Å². The zero-order valence-electron chi connectivity index (χ0n) is 14.7. The molecule has 7 heteroatoms. The number of aromatic nitrogens is 4. The van der Waals surface area contributed by atoms with E-state index in [1.807, 2.05) is 42.5 Å². The van der Waals surface area contributed by atoms with Gasteiger partial charge in [-0.3, -0.25) is 4.79 Å². The molecule has 2 heterocycles. The standard InChI is InChI=1S/C20H17N5O2/c1-27-16-9-5-8-15(12-16)20(26)21-13-19-23-22-18-11-10-17(24-25(18)19)14-6-3-2-4-7-14/h2-12H,13H2,1H3,(H,21,26). The quantitative estimate of drug-likeness (QED) is 0.592. The van der Waals surface area contributed by atoms with E-state index in [9.17, 15) is 4.79 Å². The highest BCUT2D eigenvalue weighted by molar-refractivity contribution is 5.94. The Morgan fingerprint density at radius 1 is 1.04 bits per heavy atom. The Morgan fingerprint density at radius 3 is 2.70 bits per heavy atom. The Balaban J connectivity index is 1.56. The Bertz CT molecular complexity index is 1090. The van der Waals surface area contributed by atoms with Crippen molar-refractivity contribution in [1.29, 1.82) is 0 Å². The number of amides is 1. The highest BCUT2D eigenvalue weighted by atomic mass is 16.5. The molecule has 2 aromatic carbocycles. The van der Waals surface area contributed by atoms with Gasteiger partial charge in [0.2, 0.25) is 0 Å². The van der Waals surface area contributed by atoms with Crippen molar-refractivity contribution in [3.05, 3.63) is 78.1 Å². The van der Waals surface area contributed by atoms with Gasteiger partial charge in [0, 0.05) is 11.1 Å². The molecule has 0 atom stereocenters. The molecule has 4 rings (SSSR count). The highest BCUT2D eigenvalue weighted by Crippen LogP contribution is 2.17. The van der Waals surface area contributed by atoms with Crippen LogP contribution in [0.2, 0.25) is 0 Å². The summed E-state index contributed by atoms with van der Waals surface area (Å²) in [5.41, 5.74) is 2.95. The van der Waals surface area contributed by atoms with Crippen molar-refractivity contribution < 1.29 is 9.53 Å². The van der Waals surface area contributed by atoms with Gasteiger partial charge in [0.15, 0.2) is 11.5 Å². The summed E-state index contributed by atoms with van der Waals surface area (Å²) in [7, 11) is 1.56. The first-order valence-electron chi connectivity index (χ1n) is 8.43. The van der Waals surface area contributed by atoms with Crippen molar-refractivity contribution in [2.45, 2.75) is 6.54 Å². The summed E-state index contributed by atoms with van der Waals surface area (Å²) in [5.74, 6) is 0.966. The third-order valence-electron chi connectivity index (χ3n) is 4.14. The van der Waals surface area contributed by atoms with E-state index in [-0.39, 0.29) is 12.5 Å². The predicted octanol–water partition coefficient (Wildman–Crippen LogP) is 2.73. The maximum absolute atomic E-state index is 12.4. The fourth-order valence-electron chi connectivity index (χ4n) is 2.73. The molecule has 0 saturated carbocycles. The molecule has 1 N–H and O–H groups in total. The lowest BCUT2D eigenvalue weighted by atomic mass is 10.1. The van der Waals surface area contributed by atoms with Gasteiger partial charge in [-0.05, 0) is 30.3 Å². The summed E-state index contributed by atoms with van der Waals surface area (Å²) >= 11 is 0. The van der Waals surface area contributed by atoms with Crippen LogP contribution in [-0.2, 0) is 6.54 Å². The molecule has 0 aliphatic heterocycles. The number of benzene rings is 2. The lowest BCUT2D eigenvalue weighted by molar-refractivity contribution is 0.0949. The summed E-state index contributed by atoms with van der Waals surface area (Å²) in [6.07, 6.45) is 0. The number of hydrogen-bond acceptors (Lipinski definition) is 5. The molecule has 2 aromatic heterocycles. The number of nitrogens with one attached hydrogen (secondary N) is 1. The third kappa shape index (κ3) is 3.48. The monoisotopic (exact) mass is 359 g/mol. The van der Waals surface area contributed by atoms with Crippen LogP contribution in [0.1, 0.15) is 16.2 Å². The van der Waals surface area contributed by atoms with Gasteiger partial charge in [-0.15, -0.1) is 10.2 Å². The lowest BCUT2D eigenvalue weighted by Crippen LogP contribution is -2.24. The third-order valence-corrected chi connectivity index (χ3v) is 4.14. The fraction of sp³-hybridized carbons (Fsp3) is 0.100. The molecule has 4 aromatic rings. The van der Waals surface area contributed by atoms with Crippen LogP contribution in [0.25, 0.3) is 16.9 Å². The molecular formula is C20H17N5O2. The fourth-order valence-corrected chi connectivity index (χ4v) is 2.73. The maximum atomic E-state index is 12.4. The number of nitrogens with zero attached hydrogens (tertiary/aromatic N) is 4. The molecular weight excluding hydrogens is 342 g/mol. The van der Waals surface area contributed by atoms with Crippen molar-refractivity contribution in [1.82, 2.24) is 25.1 Å². The lowest BCUT2D eigenvalue weighted by Gasteiger charge is -2.06. The van der Waals surface area contributed by atoms with Gasteiger partial charge < -0.3 is 10.1 Å². The van der Waals surface area contributed by atoms with Crippen LogP contribution in [0.15, 0.2) is 66.7 Å². The first-order chi connectivity index (χ1) is 13.2. The van der Waals surface area contributed by atoms with Crippen LogP contribution in [0, 0.1) is 0 Å². The minimum Gasteiger partial charge on any atom is -0.497 e. The summed E-state index contributed by atoms with van der Waals surface area (Å²) in [6.45, 7) is 0.211. The second kappa shape index (κ2) is 7.25. The van der Waals surface area contributed by atoms with E-state index in [2.05, 4.69) is 20.6 Å². The molecule has 0 bridgehead atoms. The normalized spacial score (nSPS) is 10.7. The van der Waals surface area contributed by atoms with Crippen LogP contribution >= 0.6 is 0 Å². The minimum absolute atomic E-state index is 0.211. The molecule has 0 saturated heterocycles. The van der Waals surface area contributed by atoms with E-state index in [0.717, 1.165) is 11.3 Å². The van der Waals surface area contributed by atoms with Gasteiger partial charge in [0.05, 0.1) is 19.3 Å². The van der Waals surface area contributed by atoms with Crippen LogP contribution in [0.4, 0.5) is 0 Å². The number of methoxy groups -OCH3 is 1. The molecule has 0 radical (unpaired) electrons. The Hall–Kier alpha value is -3.74. The second-order valence-corrected chi connectivity index (χ2v) is 5.89. The van der Waals surface area contributed by atoms with Gasteiger partial charge >= 0.3 is 0 Å². The van der Waals surface area contributed by atoms with Crippen molar-refractivity contribution in [2.24, 2.45) is 0 Å². The molecule has 0 spiro atoms. The van der Waals surface area contributed by atoms with E-state index in [4.69, 9.17) is 4.74 Å². The first-order valence-corrected chi connectivity index (χ1v) is 8.43. The summed E-state index contributed by atoms with van der Waals surface area (Å²) in [4.78, 5) is 12.4. The highest BCUT2D eigenvalue weighted by Gasteiger charge is 2.11. The largest absolute Gasteiger partial charge is 0.497 e. The molecule has 0 aliphatic carbocycles. The zero-order chi connectivity index (χ0) is 18.6. The molecule has 0 unspecified atom stereocenters. The number of carbonyl (C=O) groups excluding carboxylic acids is 1. The van der Waals surface area contributed by atoms with E-state index in [0.29, 0.717) is 22.8 Å². The topological polar surface area (TPSA) is 81.4 Å². The summed E-state index contributed by atoms with van der Waals surface area (Å²) in [5, 5.41) is 15.7. The number of fused-ring (bicyclic) bond motifs is 1. The molecule has 0 fully saturated rings. The minimum atomic E-state index is -0.218. The van der Waals surface area contributed by atoms with Crippen molar-refractivity contribution in [2.75, 3.05) is 7.11 Å². The van der Waals surface area contributed by atoms with Gasteiger partial charge in [-0.1, -0.05) is 36.4 Å². The SMILES string of the molecule is COc1cccc(C(=O)NCc2nnc3ccc(-c4ccccc4)nn23)c1. The maximum Gasteiger partial charge on any atom is 0.251 e. The van der Waals surface area contributed by atoms with Crippen molar-refractivity contribution >= 4 is 11.6 Å². The van der Waals surface area contributed by atoms with Crippen LogP contribution in [0.5, 0.6) is 5.75 Å². The van der Waals surface area contributed by atoms with Crippen molar-refractivity contribution in [3.8, 4) is 17.0 Å². The van der Waals surface area contributed by atoms with Crippen molar-refractivity contribution in [3.63, 3.8) is 0 Å². The Morgan fingerprint density at radius 2 is 1.89 bits per heavy atom. The summed E-state index contributed by atoms with van der Waals surface area (Å²) < 4.78 is 6.80.